The zero-order valence-electron chi connectivity index (χ0n) is 18.9. The van der Waals surface area contributed by atoms with Gasteiger partial charge in [0.25, 0.3) is 11.8 Å². The molecule has 0 bridgehead atoms. The number of ether oxygens (including phenoxy) is 1. The van der Waals surface area contributed by atoms with Crippen LogP contribution in [-0.4, -0.2) is 36.7 Å². The maximum Gasteiger partial charge on any atom is 0.435 e. The second-order valence-electron chi connectivity index (χ2n) is 7.70. The molecular formula is C22H18F4N4O5S. The van der Waals surface area contributed by atoms with Crippen molar-refractivity contribution in [2.24, 2.45) is 5.73 Å². The fraction of sp³-hybridized carbons (Fsp3) is 0.182. The Morgan fingerprint density at radius 1 is 1.06 bits per heavy atom. The summed E-state index contributed by atoms with van der Waals surface area (Å²) >= 11 is 0. The highest BCUT2D eigenvalue weighted by atomic mass is 32.2. The molecule has 0 spiro atoms. The first kappa shape index (κ1) is 26.5. The maximum absolute atomic E-state index is 13.5. The first-order chi connectivity index (χ1) is 16.6. The van der Waals surface area contributed by atoms with Gasteiger partial charge in [0, 0.05) is 17.5 Å². The first-order valence-corrected chi connectivity index (χ1v) is 11.8. The van der Waals surface area contributed by atoms with Crippen LogP contribution in [0.4, 0.5) is 23.2 Å². The number of benzene rings is 2. The Morgan fingerprint density at radius 3 is 2.28 bits per heavy atom. The second-order valence-corrected chi connectivity index (χ2v) is 9.72. The third-order valence-corrected chi connectivity index (χ3v) is 5.99. The van der Waals surface area contributed by atoms with Crippen LogP contribution < -0.4 is 15.8 Å². The van der Waals surface area contributed by atoms with Crippen molar-refractivity contribution >= 4 is 27.3 Å². The van der Waals surface area contributed by atoms with E-state index in [4.69, 9.17) is 10.5 Å². The lowest BCUT2D eigenvalue weighted by Gasteiger charge is -2.17. The summed E-state index contributed by atoms with van der Waals surface area (Å²) in [7, 11) is -3.86. The number of carbonyl (C=O) groups is 2. The van der Waals surface area contributed by atoms with E-state index in [1.54, 1.807) is 0 Å². The number of hydrogen-bond donors (Lipinski definition) is 2. The SMILES string of the molecule is Cc1cc(F)ccc1Oc1nnc(C(F)(F)F)c(C)c1C(=O)Nc1cc(C(N)=O)cc(S(C)(=O)=O)c1. The monoisotopic (exact) mass is 526 g/mol. The molecule has 1 aromatic heterocycles. The van der Waals surface area contributed by atoms with Crippen molar-refractivity contribution in [1.82, 2.24) is 10.2 Å². The topological polar surface area (TPSA) is 141 Å². The lowest BCUT2D eigenvalue weighted by atomic mass is 10.1. The van der Waals surface area contributed by atoms with Crippen molar-refractivity contribution in [1.29, 1.82) is 0 Å². The van der Waals surface area contributed by atoms with Gasteiger partial charge in [-0.1, -0.05) is 0 Å². The molecule has 14 heteroatoms. The highest BCUT2D eigenvalue weighted by Gasteiger charge is 2.38. The number of carbonyl (C=O) groups excluding carboxylic acids is 2. The summed E-state index contributed by atoms with van der Waals surface area (Å²) in [5, 5.41) is 8.79. The van der Waals surface area contributed by atoms with E-state index < -0.39 is 56.3 Å². The second kappa shape index (κ2) is 9.53. The number of nitrogens with two attached hydrogens (primary N) is 1. The molecule has 0 aliphatic carbocycles. The summed E-state index contributed by atoms with van der Waals surface area (Å²) in [5.74, 6) is -3.41. The smallest absolute Gasteiger partial charge is 0.435 e. The molecule has 0 aliphatic heterocycles. The Kier molecular flexibility index (Phi) is 7.02. The molecular weight excluding hydrogens is 508 g/mol. The molecule has 3 aromatic rings. The van der Waals surface area contributed by atoms with Crippen LogP contribution in [0.1, 0.15) is 37.5 Å². The lowest BCUT2D eigenvalue weighted by Crippen LogP contribution is -2.21. The van der Waals surface area contributed by atoms with E-state index in [9.17, 15) is 35.6 Å². The Labute approximate surface area is 202 Å². The Morgan fingerprint density at radius 2 is 1.72 bits per heavy atom. The summed E-state index contributed by atoms with van der Waals surface area (Å²) in [6.07, 6.45) is -4.12. The third-order valence-electron chi connectivity index (χ3n) is 4.90. The van der Waals surface area contributed by atoms with E-state index in [0.29, 0.717) is 0 Å². The predicted octanol–water partition coefficient (Wildman–Crippen LogP) is 3.80. The van der Waals surface area contributed by atoms with Crippen LogP contribution in [0.15, 0.2) is 41.3 Å². The van der Waals surface area contributed by atoms with Gasteiger partial charge in [0.2, 0.25) is 5.91 Å². The number of aryl methyl sites for hydroxylation is 1. The van der Waals surface area contributed by atoms with Crippen LogP contribution in [0.3, 0.4) is 0 Å². The molecule has 3 rings (SSSR count). The van der Waals surface area contributed by atoms with Gasteiger partial charge in [-0.3, -0.25) is 9.59 Å². The normalized spacial score (nSPS) is 11.8. The Balaban J connectivity index is 2.14. The molecule has 0 saturated carbocycles. The molecule has 9 nitrogen and oxygen atoms in total. The van der Waals surface area contributed by atoms with Gasteiger partial charge >= 0.3 is 6.18 Å². The number of hydrogen-bond acceptors (Lipinski definition) is 7. The molecule has 36 heavy (non-hydrogen) atoms. The maximum atomic E-state index is 13.5. The van der Waals surface area contributed by atoms with Gasteiger partial charge in [0.15, 0.2) is 15.5 Å². The number of amides is 2. The molecule has 0 unspecified atom stereocenters. The van der Waals surface area contributed by atoms with E-state index in [0.717, 1.165) is 43.5 Å². The molecule has 0 radical (unpaired) electrons. The highest BCUT2D eigenvalue weighted by Crippen LogP contribution is 2.35. The van der Waals surface area contributed by atoms with Gasteiger partial charge in [-0.25, -0.2) is 12.8 Å². The largest absolute Gasteiger partial charge is 0.437 e. The lowest BCUT2D eigenvalue weighted by molar-refractivity contribution is -0.142. The van der Waals surface area contributed by atoms with Gasteiger partial charge in [-0.15, -0.1) is 10.2 Å². The number of alkyl halides is 3. The zero-order valence-corrected chi connectivity index (χ0v) is 19.7. The number of primary amides is 1. The number of rotatable bonds is 6. The molecule has 0 saturated heterocycles. The average molecular weight is 526 g/mol. The summed E-state index contributed by atoms with van der Waals surface area (Å²) in [6.45, 7) is 2.43. The number of sulfone groups is 1. The van der Waals surface area contributed by atoms with Crippen molar-refractivity contribution in [3.05, 3.63) is 70.2 Å². The minimum absolute atomic E-state index is 0.00556. The molecule has 0 fully saturated rings. The number of halogens is 4. The van der Waals surface area contributed by atoms with Crippen molar-refractivity contribution in [2.45, 2.75) is 24.9 Å². The summed E-state index contributed by atoms with van der Waals surface area (Å²) in [6, 6.07) is 6.36. The van der Waals surface area contributed by atoms with Gasteiger partial charge in [-0.05, 0) is 61.4 Å². The average Bonchev–Trinajstić information content (AvgIpc) is 2.74. The van der Waals surface area contributed by atoms with Crippen LogP contribution in [-0.2, 0) is 16.0 Å². The van der Waals surface area contributed by atoms with Crippen LogP contribution in [0.25, 0.3) is 0 Å². The van der Waals surface area contributed by atoms with Crippen molar-refractivity contribution in [3.8, 4) is 11.6 Å². The predicted molar refractivity (Wildman–Crippen MR) is 119 cm³/mol. The quantitative estimate of drug-likeness (QED) is 0.466. The van der Waals surface area contributed by atoms with E-state index >= 15 is 0 Å². The standard InChI is InChI=1S/C22H18F4N4O5S/c1-10-6-13(23)4-5-16(10)35-21-17(11(2)18(29-30-21)22(24,25)26)20(32)28-14-7-12(19(27)31)8-15(9-14)36(3,33)34/h4-9H,1-3H3,(H2,27,31)(H,28,32). The fourth-order valence-electron chi connectivity index (χ4n) is 3.16. The Bertz CT molecular complexity index is 1490. The van der Waals surface area contributed by atoms with Gasteiger partial charge in [-0.2, -0.15) is 13.2 Å². The molecule has 0 atom stereocenters. The van der Waals surface area contributed by atoms with Gasteiger partial charge < -0.3 is 15.8 Å². The van der Waals surface area contributed by atoms with Crippen molar-refractivity contribution in [2.75, 3.05) is 11.6 Å². The van der Waals surface area contributed by atoms with E-state index in [-0.39, 0.29) is 27.5 Å². The first-order valence-electron chi connectivity index (χ1n) is 9.92. The summed E-state index contributed by atoms with van der Waals surface area (Å²) in [5.41, 5.74) is 2.19. The van der Waals surface area contributed by atoms with Crippen LogP contribution >= 0.6 is 0 Å². The molecule has 2 aromatic carbocycles. The zero-order chi connectivity index (χ0) is 27.0. The number of anilines is 1. The molecule has 2 amide bonds. The van der Waals surface area contributed by atoms with Crippen LogP contribution in [0.2, 0.25) is 0 Å². The summed E-state index contributed by atoms with van der Waals surface area (Å²) < 4.78 is 83.3. The van der Waals surface area contributed by atoms with E-state index in [1.165, 1.54) is 13.0 Å². The fourth-order valence-corrected chi connectivity index (χ4v) is 3.84. The van der Waals surface area contributed by atoms with Crippen LogP contribution in [0, 0.1) is 19.7 Å². The molecule has 0 aliphatic rings. The minimum atomic E-state index is -4.97. The van der Waals surface area contributed by atoms with E-state index in [2.05, 4.69) is 15.5 Å². The number of nitrogens with zero attached hydrogens (tertiary/aromatic N) is 2. The minimum Gasteiger partial charge on any atom is -0.437 e. The van der Waals surface area contributed by atoms with E-state index in [1.807, 2.05) is 0 Å². The summed E-state index contributed by atoms with van der Waals surface area (Å²) in [4.78, 5) is 24.4. The van der Waals surface area contributed by atoms with Crippen molar-refractivity contribution in [3.63, 3.8) is 0 Å². The third kappa shape index (κ3) is 5.76. The Hall–Kier alpha value is -4.07. The molecule has 3 N–H and O–H groups in total. The van der Waals surface area contributed by atoms with Crippen molar-refractivity contribution < 1.29 is 40.3 Å². The molecule has 1 heterocycles. The number of aromatic nitrogens is 2. The molecule has 190 valence electrons. The highest BCUT2D eigenvalue weighted by molar-refractivity contribution is 7.90. The van der Waals surface area contributed by atoms with Gasteiger partial charge in [0.05, 0.1) is 4.90 Å². The van der Waals surface area contributed by atoms with Gasteiger partial charge in [0.1, 0.15) is 17.1 Å². The number of nitrogens with one attached hydrogen (secondary N) is 1. The van der Waals surface area contributed by atoms with Crippen LogP contribution in [0.5, 0.6) is 11.6 Å².